The molecule has 3 N–H and O–H groups in total. The summed E-state index contributed by atoms with van der Waals surface area (Å²) in [6.45, 7) is 0.967. The summed E-state index contributed by atoms with van der Waals surface area (Å²) in [6.07, 6.45) is -0.145. The summed E-state index contributed by atoms with van der Waals surface area (Å²) in [5, 5.41) is 19.1. The van der Waals surface area contributed by atoms with Crippen molar-refractivity contribution in [1.82, 2.24) is 10.6 Å². The van der Waals surface area contributed by atoms with Crippen LogP contribution in [0.4, 0.5) is 0 Å². The summed E-state index contributed by atoms with van der Waals surface area (Å²) >= 11 is 1.62. The third kappa shape index (κ3) is 6.42. The SMILES string of the molecule is COc1cccc(CNC[C@H](O)[C@H](Cc2cccs2)NC(=O)c2ccccc2)c1. The van der Waals surface area contributed by atoms with Gasteiger partial charge in [0.2, 0.25) is 0 Å². The molecule has 2 atom stereocenters. The van der Waals surface area contributed by atoms with Gasteiger partial charge in [-0.1, -0.05) is 36.4 Å². The number of hydrogen-bond acceptors (Lipinski definition) is 5. The lowest BCUT2D eigenvalue weighted by Gasteiger charge is -2.24. The van der Waals surface area contributed by atoms with E-state index in [1.165, 1.54) is 0 Å². The first-order valence-electron chi connectivity index (χ1n) is 9.55. The van der Waals surface area contributed by atoms with Crippen molar-refractivity contribution in [1.29, 1.82) is 0 Å². The average molecular weight is 411 g/mol. The molecule has 0 saturated carbocycles. The number of benzene rings is 2. The maximum absolute atomic E-state index is 12.6. The van der Waals surface area contributed by atoms with E-state index in [1.54, 1.807) is 30.6 Å². The highest BCUT2D eigenvalue weighted by Crippen LogP contribution is 2.15. The molecule has 3 aromatic rings. The van der Waals surface area contributed by atoms with Gasteiger partial charge in [-0.25, -0.2) is 0 Å². The summed E-state index contributed by atoms with van der Waals surface area (Å²) in [6, 6.07) is 20.5. The van der Waals surface area contributed by atoms with Crippen LogP contribution in [0.5, 0.6) is 5.75 Å². The molecule has 0 unspecified atom stereocenters. The Labute approximate surface area is 175 Å². The van der Waals surface area contributed by atoms with Crippen LogP contribution in [0.2, 0.25) is 0 Å². The quantitative estimate of drug-likeness (QED) is 0.480. The Morgan fingerprint density at radius 1 is 1.10 bits per heavy atom. The maximum atomic E-state index is 12.6. The fraction of sp³-hybridized carbons (Fsp3) is 0.261. The van der Waals surface area contributed by atoms with Gasteiger partial charge < -0.3 is 20.5 Å². The predicted molar refractivity (Wildman–Crippen MR) is 116 cm³/mol. The largest absolute Gasteiger partial charge is 0.497 e. The third-order valence-electron chi connectivity index (χ3n) is 4.63. The van der Waals surface area contributed by atoms with Crippen LogP contribution in [0, 0.1) is 0 Å². The van der Waals surface area contributed by atoms with Gasteiger partial charge in [0.15, 0.2) is 0 Å². The van der Waals surface area contributed by atoms with Gasteiger partial charge in [0, 0.05) is 30.0 Å². The second kappa shape index (κ2) is 10.8. The zero-order chi connectivity index (χ0) is 20.5. The van der Waals surface area contributed by atoms with E-state index < -0.39 is 6.10 Å². The molecule has 1 aromatic heterocycles. The monoisotopic (exact) mass is 410 g/mol. The van der Waals surface area contributed by atoms with Crippen LogP contribution in [0.15, 0.2) is 72.1 Å². The van der Waals surface area contributed by atoms with E-state index >= 15 is 0 Å². The van der Waals surface area contributed by atoms with Crippen molar-refractivity contribution in [2.75, 3.05) is 13.7 Å². The Morgan fingerprint density at radius 2 is 1.93 bits per heavy atom. The van der Waals surface area contributed by atoms with Crippen LogP contribution in [-0.2, 0) is 13.0 Å². The van der Waals surface area contributed by atoms with Gasteiger partial charge in [-0.15, -0.1) is 11.3 Å². The number of hydrogen-bond donors (Lipinski definition) is 3. The van der Waals surface area contributed by atoms with Crippen LogP contribution >= 0.6 is 11.3 Å². The Bertz CT molecular complexity index is 884. The summed E-state index contributed by atoms with van der Waals surface area (Å²) in [7, 11) is 1.64. The first-order valence-corrected chi connectivity index (χ1v) is 10.4. The van der Waals surface area contributed by atoms with Crippen LogP contribution < -0.4 is 15.4 Å². The Balaban J connectivity index is 1.60. The summed E-state index contributed by atoms with van der Waals surface area (Å²) in [4.78, 5) is 13.7. The molecular weight excluding hydrogens is 384 g/mol. The molecule has 29 heavy (non-hydrogen) atoms. The van der Waals surface area contributed by atoms with Crippen molar-refractivity contribution >= 4 is 17.2 Å². The van der Waals surface area contributed by atoms with Crippen molar-refractivity contribution in [2.24, 2.45) is 0 Å². The number of aliphatic hydroxyl groups excluding tert-OH is 1. The molecular formula is C23H26N2O3S. The highest BCUT2D eigenvalue weighted by atomic mass is 32.1. The number of ether oxygens (including phenoxy) is 1. The number of rotatable bonds is 10. The minimum atomic E-state index is -0.727. The summed E-state index contributed by atoms with van der Waals surface area (Å²) in [5.41, 5.74) is 1.65. The lowest BCUT2D eigenvalue weighted by atomic mass is 10.0. The van der Waals surface area contributed by atoms with Gasteiger partial charge in [-0.2, -0.15) is 0 Å². The van der Waals surface area contributed by atoms with Crippen molar-refractivity contribution in [2.45, 2.75) is 25.1 Å². The van der Waals surface area contributed by atoms with Gasteiger partial charge in [-0.3, -0.25) is 4.79 Å². The summed E-state index contributed by atoms with van der Waals surface area (Å²) in [5.74, 6) is 0.620. The standard InChI is InChI=1S/C23H26N2O3S/c1-28-19-10-5-7-17(13-19)15-24-16-22(26)21(14-20-11-6-12-29-20)25-23(27)18-8-3-2-4-9-18/h2-13,21-22,24,26H,14-16H2,1H3,(H,25,27)/t21-,22-/m0/s1. The first-order chi connectivity index (χ1) is 14.2. The normalized spacial score (nSPS) is 12.9. The maximum Gasteiger partial charge on any atom is 0.251 e. The van der Waals surface area contributed by atoms with Gasteiger partial charge in [0.05, 0.1) is 19.3 Å². The lowest BCUT2D eigenvalue weighted by Crippen LogP contribution is -2.48. The van der Waals surface area contributed by atoms with Crippen molar-refractivity contribution in [3.63, 3.8) is 0 Å². The van der Waals surface area contributed by atoms with Crippen LogP contribution in [-0.4, -0.2) is 36.8 Å². The molecule has 1 heterocycles. The van der Waals surface area contributed by atoms with E-state index in [0.717, 1.165) is 16.2 Å². The van der Waals surface area contributed by atoms with Crippen molar-refractivity contribution in [3.05, 3.63) is 88.1 Å². The zero-order valence-corrected chi connectivity index (χ0v) is 17.2. The molecule has 3 rings (SSSR count). The lowest BCUT2D eigenvalue weighted by molar-refractivity contribution is 0.0831. The molecule has 0 aliphatic carbocycles. The smallest absolute Gasteiger partial charge is 0.251 e. The molecule has 6 heteroatoms. The van der Waals surface area contributed by atoms with Crippen molar-refractivity contribution in [3.8, 4) is 5.75 Å². The van der Waals surface area contributed by atoms with E-state index in [9.17, 15) is 9.90 Å². The number of amides is 1. The molecule has 0 spiro atoms. The van der Waals surface area contributed by atoms with Crippen LogP contribution in [0.1, 0.15) is 20.8 Å². The van der Waals surface area contributed by atoms with Crippen LogP contribution in [0.25, 0.3) is 0 Å². The number of carbonyl (C=O) groups excluding carboxylic acids is 1. The zero-order valence-electron chi connectivity index (χ0n) is 16.4. The minimum absolute atomic E-state index is 0.181. The van der Waals surface area contributed by atoms with E-state index in [4.69, 9.17) is 4.74 Å². The second-order valence-electron chi connectivity index (χ2n) is 6.78. The van der Waals surface area contributed by atoms with Crippen molar-refractivity contribution < 1.29 is 14.6 Å². The van der Waals surface area contributed by atoms with E-state index in [0.29, 0.717) is 25.1 Å². The Kier molecular flexibility index (Phi) is 7.81. The number of aliphatic hydroxyl groups is 1. The fourth-order valence-electron chi connectivity index (χ4n) is 3.06. The van der Waals surface area contributed by atoms with E-state index in [1.807, 2.05) is 60.0 Å². The molecule has 5 nitrogen and oxygen atoms in total. The van der Waals surface area contributed by atoms with Gasteiger partial charge in [0.1, 0.15) is 5.75 Å². The number of thiophene rings is 1. The minimum Gasteiger partial charge on any atom is -0.497 e. The molecule has 2 aromatic carbocycles. The molecule has 0 aliphatic heterocycles. The molecule has 0 fully saturated rings. The highest BCUT2D eigenvalue weighted by Gasteiger charge is 2.22. The first kappa shape index (κ1) is 21.0. The molecule has 0 bridgehead atoms. The second-order valence-corrected chi connectivity index (χ2v) is 7.81. The Morgan fingerprint density at radius 3 is 2.66 bits per heavy atom. The number of methoxy groups -OCH3 is 1. The van der Waals surface area contributed by atoms with Gasteiger partial charge in [-0.05, 0) is 41.3 Å². The third-order valence-corrected chi connectivity index (χ3v) is 5.53. The highest BCUT2D eigenvalue weighted by molar-refractivity contribution is 7.09. The number of nitrogens with one attached hydrogen (secondary N) is 2. The average Bonchev–Trinajstić information content (AvgIpc) is 3.27. The molecule has 1 amide bonds. The van der Waals surface area contributed by atoms with E-state index in [2.05, 4.69) is 10.6 Å². The topological polar surface area (TPSA) is 70.6 Å². The fourth-order valence-corrected chi connectivity index (χ4v) is 3.82. The molecule has 0 radical (unpaired) electrons. The molecule has 152 valence electrons. The van der Waals surface area contributed by atoms with Crippen LogP contribution in [0.3, 0.4) is 0 Å². The molecule has 0 saturated heterocycles. The van der Waals surface area contributed by atoms with Gasteiger partial charge >= 0.3 is 0 Å². The molecule has 0 aliphatic rings. The van der Waals surface area contributed by atoms with E-state index in [-0.39, 0.29) is 11.9 Å². The predicted octanol–water partition coefficient (Wildman–Crippen LogP) is 3.25. The Hall–Kier alpha value is -2.67. The summed E-state index contributed by atoms with van der Waals surface area (Å²) < 4.78 is 5.24. The number of carbonyl (C=O) groups is 1. The van der Waals surface area contributed by atoms with Gasteiger partial charge in [0.25, 0.3) is 5.91 Å².